The summed E-state index contributed by atoms with van der Waals surface area (Å²) in [5, 5.41) is 8.68. The van der Waals surface area contributed by atoms with E-state index in [0.29, 0.717) is 12.6 Å². The van der Waals surface area contributed by atoms with Gasteiger partial charge in [0.15, 0.2) is 0 Å². The summed E-state index contributed by atoms with van der Waals surface area (Å²) in [4.78, 5) is 2.59. The quantitative estimate of drug-likeness (QED) is 0.606. The molecule has 0 aliphatic heterocycles. The van der Waals surface area contributed by atoms with Crippen LogP contribution < -0.4 is 0 Å². The summed E-state index contributed by atoms with van der Waals surface area (Å²) in [7, 11) is 0. The number of hydrogen-bond acceptors (Lipinski definition) is 2. The summed E-state index contributed by atoms with van der Waals surface area (Å²) in [5.41, 5.74) is 0. The van der Waals surface area contributed by atoms with Gasteiger partial charge in [-0.25, -0.2) is 0 Å². The second-order valence-electron chi connectivity index (χ2n) is 4.82. The van der Waals surface area contributed by atoms with Gasteiger partial charge in [0.25, 0.3) is 0 Å². The van der Waals surface area contributed by atoms with Gasteiger partial charge in [-0.15, -0.1) is 0 Å². The van der Waals surface area contributed by atoms with Crippen LogP contribution in [0.25, 0.3) is 0 Å². The van der Waals surface area contributed by atoms with E-state index in [0.717, 1.165) is 12.3 Å². The Hall–Kier alpha value is -0.0800. The van der Waals surface area contributed by atoms with Crippen LogP contribution in [-0.2, 0) is 0 Å². The summed E-state index contributed by atoms with van der Waals surface area (Å²) >= 11 is 0. The van der Waals surface area contributed by atoms with E-state index < -0.39 is 0 Å². The molecule has 0 saturated heterocycles. The van der Waals surface area contributed by atoms with Crippen molar-refractivity contribution in [2.45, 2.75) is 52.0 Å². The Morgan fingerprint density at radius 2 is 1.93 bits per heavy atom. The maximum Gasteiger partial charge on any atom is 0.0431 e. The van der Waals surface area contributed by atoms with E-state index in [2.05, 4.69) is 18.7 Å². The van der Waals surface area contributed by atoms with Gasteiger partial charge >= 0.3 is 0 Å². The van der Waals surface area contributed by atoms with Gasteiger partial charge in [0.2, 0.25) is 0 Å². The molecular formula is C12H25NO. The molecule has 0 bridgehead atoms. The first-order valence-corrected chi connectivity index (χ1v) is 6.09. The molecule has 2 heteroatoms. The summed E-state index contributed by atoms with van der Waals surface area (Å²) in [5.74, 6) is 0.996. The molecule has 1 N–H and O–H groups in total. The fourth-order valence-corrected chi connectivity index (χ4v) is 1.80. The number of aliphatic hydroxyl groups is 1. The predicted octanol–water partition coefficient (Wildman–Crippen LogP) is 2.27. The minimum atomic E-state index is 0.351. The monoisotopic (exact) mass is 199 g/mol. The van der Waals surface area contributed by atoms with Gasteiger partial charge in [-0.1, -0.05) is 0 Å². The van der Waals surface area contributed by atoms with Crippen molar-refractivity contribution in [3.8, 4) is 0 Å². The minimum absolute atomic E-state index is 0.351. The van der Waals surface area contributed by atoms with Crippen LogP contribution in [0.15, 0.2) is 0 Å². The number of rotatable bonds is 8. The lowest BCUT2D eigenvalue weighted by Gasteiger charge is -2.26. The van der Waals surface area contributed by atoms with Crippen molar-refractivity contribution in [2.24, 2.45) is 5.92 Å². The molecule has 1 aliphatic carbocycles. The highest BCUT2D eigenvalue weighted by Gasteiger charge is 2.24. The van der Waals surface area contributed by atoms with Crippen molar-refractivity contribution in [2.75, 3.05) is 19.7 Å². The first-order valence-electron chi connectivity index (χ1n) is 6.09. The highest BCUT2D eigenvalue weighted by atomic mass is 16.2. The molecular weight excluding hydrogens is 174 g/mol. The normalized spacial score (nSPS) is 16.9. The Balaban J connectivity index is 2.07. The first kappa shape index (κ1) is 12.0. The van der Waals surface area contributed by atoms with E-state index in [1.54, 1.807) is 0 Å². The molecule has 0 unspecified atom stereocenters. The highest BCUT2D eigenvalue weighted by molar-refractivity contribution is 4.78. The maximum atomic E-state index is 8.68. The molecule has 0 aromatic heterocycles. The number of aliphatic hydroxyl groups excluding tert-OH is 1. The van der Waals surface area contributed by atoms with Crippen molar-refractivity contribution < 1.29 is 5.11 Å². The molecule has 1 saturated carbocycles. The SMILES string of the molecule is CC(C)N(CCCCCO)CC1CC1. The summed E-state index contributed by atoms with van der Waals surface area (Å²) in [6.45, 7) is 7.44. The molecule has 1 rings (SSSR count). The van der Waals surface area contributed by atoms with E-state index in [4.69, 9.17) is 5.11 Å². The molecule has 84 valence electrons. The fourth-order valence-electron chi connectivity index (χ4n) is 1.80. The number of hydrogen-bond donors (Lipinski definition) is 1. The van der Waals surface area contributed by atoms with Crippen molar-refractivity contribution in [1.29, 1.82) is 0 Å². The molecule has 0 heterocycles. The van der Waals surface area contributed by atoms with Gasteiger partial charge in [0.1, 0.15) is 0 Å². The smallest absolute Gasteiger partial charge is 0.0431 e. The third-order valence-corrected chi connectivity index (χ3v) is 3.02. The van der Waals surface area contributed by atoms with Crippen LogP contribution in [0, 0.1) is 5.92 Å². The average Bonchev–Trinajstić information content (AvgIpc) is 2.93. The van der Waals surface area contributed by atoms with Crippen LogP contribution in [0.4, 0.5) is 0 Å². The maximum absolute atomic E-state index is 8.68. The average molecular weight is 199 g/mol. The van der Waals surface area contributed by atoms with Crippen LogP contribution in [-0.4, -0.2) is 35.7 Å². The second-order valence-corrected chi connectivity index (χ2v) is 4.82. The zero-order valence-electron chi connectivity index (χ0n) is 9.71. The standard InChI is InChI=1S/C12H25NO/c1-11(2)13(10-12-6-7-12)8-4-3-5-9-14/h11-12,14H,3-10H2,1-2H3. The van der Waals surface area contributed by atoms with Gasteiger partial charge in [0, 0.05) is 19.2 Å². The highest BCUT2D eigenvalue weighted by Crippen LogP contribution is 2.30. The molecule has 14 heavy (non-hydrogen) atoms. The van der Waals surface area contributed by atoms with E-state index in [1.165, 1.54) is 38.8 Å². The molecule has 0 atom stereocenters. The van der Waals surface area contributed by atoms with Gasteiger partial charge in [-0.2, -0.15) is 0 Å². The minimum Gasteiger partial charge on any atom is -0.396 e. The topological polar surface area (TPSA) is 23.5 Å². The lowest BCUT2D eigenvalue weighted by molar-refractivity contribution is 0.204. The van der Waals surface area contributed by atoms with Gasteiger partial charge in [0.05, 0.1) is 0 Å². The Morgan fingerprint density at radius 3 is 2.43 bits per heavy atom. The van der Waals surface area contributed by atoms with Crippen molar-refractivity contribution in [3.63, 3.8) is 0 Å². The van der Waals surface area contributed by atoms with Crippen molar-refractivity contribution in [3.05, 3.63) is 0 Å². The van der Waals surface area contributed by atoms with Crippen LogP contribution in [0.5, 0.6) is 0 Å². The van der Waals surface area contributed by atoms with E-state index in [-0.39, 0.29) is 0 Å². The Morgan fingerprint density at radius 1 is 1.21 bits per heavy atom. The van der Waals surface area contributed by atoms with Gasteiger partial charge in [-0.3, -0.25) is 0 Å². The Kier molecular flexibility index (Phi) is 5.49. The second kappa shape index (κ2) is 6.41. The van der Waals surface area contributed by atoms with E-state index >= 15 is 0 Å². The van der Waals surface area contributed by atoms with Crippen LogP contribution in [0.2, 0.25) is 0 Å². The predicted molar refractivity (Wildman–Crippen MR) is 60.4 cm³/mol. The van der Waals surface area contributed by atoms with Crippen LogP contribution in [0.3, 0.4) is 0 Å². The molecule has 0 radical (unpaired) electrons. The lowest BCUT2D eigenvalue weighted by Crippen LogP contribution is -2.33. The molecule has 2 nitrogen and oxygen atoms in total. The van der Waals surface area contributed by atoms with Crippen molar-refractivity contribution >= 4 is 0 Å². The number of nitrogens with zero attached hydrogens (tertiary/aromatic N) is 1. The lowest BCUT2D eigenvalue weighted by atomic mass is 10.2. The van der Waals surface area contributed by atoms with Crippen LogP contribution >= 0.6 is 0 Å². The Labute approximate surface area is 88.3 Å². The number of unbranched alkanes of at least 4 members (excludes halogenated alkanes) is 2. The molecule has 0 spiro atoms. The molecule has 1 aliphatic rings. The fraction of sp³-hybridized carbons (Fsp3) is 1.00. The van der Waals surface area contributed by atoms with Gasteiger partial charge < -0.3 is 10.0 Å². The van der Waals surface area contributed by atoms with Crippen molar-refractivity contribution in [1.82, 2.24) is 4.90 Å². The van der Waals surface area contributed by atoms with E-state index in [1.807, 2.05) is 0 Å². The zero-order chi connectivity index (χ0) is 10.4. The van der Waals surface area contributed by atoms with Crippen LogP contribution in [0.1, 0.15) is 46.0 Å². The summed E-state index contributed by atoms with van der Waals surface area (Å²) in [6.07, 6.45) is 6.27. The summed E-state index contributed by atoms with van der Waals surface area (Å²) in [6, 6.07) is 0.685. The third kappa shape index (κ3) is 4.97. The zero-order valence-corrected chi connectivity index (χ0v) is 9.71. The molecule has 0 aromatic rings. The summed E-state index contributed by atoms with van der Waals surface area (Å²) < 4.78 is 0. The third-order valence-electron chi connectivity index (χ3n) is 3.02. The Bertz CT molecular complexity index is 143. The largest absolute Gasteiger partial charge is 0.396 e. The molecule has 1 fully saturated rings. The molecule has 0 amide bonds. The molecule has 0 aromatic carbocycles. The van der Waals surface area contributed by atoms with Gasteiger partial charge in [-0.05, 0) is 58.4 Å². The van der Waals surface area contributed by atoms with E-state index in [9.17, 15) is 0 Å². The first-order chi connectivity index (χ1) is 6.74.